The number of hydrogen-bond donors (Lipinski definition) is 6. The molecule has 5 unspecified atom stereocenters. The summed E-state index contributed by atoms with van der Waals surface area (Å²) in [4.78, 5) is 22.2. The molecule has 7 N–H and O–H groups in total. The number of carbonyl (C=O) groups excluding carboxylic acids is 2. The monoisotopic (exact) mass is 378 g/mol. The molecule has 0 radical (unpaired) electrons. The first-order valence-corrected chi connectivity index (χ1v) is 8.84. The Labute approximate surface area is 152 Å². The van der Waals surface area contributed by atoms with Crippen molar-refractivity contribution in [1.29, 1.82) is 0 Å². The number of rotatable bonds is 12. The third kappa shape index (κ3) is 7.94. The lowest BCUT2D eigenvalue weighted by molar-refractivity contribution is -0.300. The number of primary amides is 1. The van der Waals surface area contributed by atoms with Crippen LogP contribution in [0.4, 0.5) is 0 Å². The second-order valence-electron chi connectivity index (χ2n) is 6.30. The van der Waals surface area contributed by atoms with Crippen LogP contribution >= 0.6 is 0 Å². The molecule has 1 aliphatic heterocycles. The Bertz CT molecular complexity index is 434. The van der Waals surface area contributed by atoms with Gasteiger partial charge >= 0.3 is 0 Å². The first-order chi connectivity index (χ1) is 12.4. The molecule has 10 heteroatoms. The number of nitrogens with two attached hydrogens (primary N) is 1. The molecule has 0 bridgehead atoms. The van der Waals surface area contributed by atoms with E-state index in [0.29, 0.717) is 19.3 Å². The summed E-state index contributed by atoms with van der Waals surface area (Å²) in [6, 6.07) is 0. The van der Waals surface area contributed by atoms with Gasteiger partial charge in [-0.15, -0.1) is 0 Å². The van der Waals surface area contributed by atoms with Crippen molar-refractivity contribution in [3.05, 3.63) is 0 Å². The summed E-state index contributed by atoms with van der Waals surface area (Å²) < 4.78 is 10.4. The molecular formula is C16H30N2O8. The summed E-state index contributed by atoms with van der Waals surface area (Å²) in [5.74, 6) is -0.459. The van der Waals surface area contributed by atoms with Crippen molar-refractivity contribution < 1.29 is 39.5 Å². The normalized spacial score (nSPS) is 28.7. The van der Waals surface area contributed by atoms with Crippen LogP contribution in [0.2, 0.25) is 0 Å². The highest BCUT2D eigenvalue weighted by Gasteiger charge is 2.43. The minimum Gasteiger partial charge on any atom is -0.394 e. The largest absolute Gasteiger partial charge is 0.394 e. The molecule has 1 heterocycles. The Morgan fingerprint density at radius 1 is 1.00 bits per heavy atom. The lowest BCUT2D eigenvalue weighted by Crippen LogP contribution is -2.59. The van der Waals surface area contributed by atoms with Gasteiger partial charge in [-0.25, -0.2) is 0 Å². The van der Waals surface area contributed by atoms with E-state index in [0.717, 1.165) is 19.3 Å². The van der Waals surface area contributed by atoms with Crippen molar-refractivity contribution in [2.24, 2.45) is 5.73 Å². The van der Waals surface area contributed by atoms with E-state index in [1.54, 1.807) is 0 Å². The van der Waals surface area contributed by atoms with Crippen LogP contribution in [0, 0.1) is 0 Å². The number of unbranched alkanes of at least 4 members (excludes halogenated alkanes) is 3. The van der Waals surface area contributed by atoms with Gasteiger partial charge < -0.3 is 41.0 Å². The number of aliphatic hydroxyl groups is 4. The number of amides is 2. The Balaban J connectivity index is 2.11. The number of hydrogen-bond acceptors (Lipinski definition) is 8. The molecule has 0 spiro atoms. The van der Waals surface area contributed by atoms with E-state index in [1.807, 2.05) is 0 Å². The summed E-state index contributed by atoms with van der Waals surface area (Å²) in [5, 5.41) is 40.8. The van der Waals surface area contributed by atoms with E-state index >= 15 is 0 Å². The molecule has 1 aliphatic rings. The van der Waals surface area contributed by atoms with Crippen LogP contribution in [0.1, 0.15) is 38.5 Å². The standard InChI is InChI=1S/C16H30N2O8/c17-11(20)5-3-1-2-4-6-12(21)18-7-8-25-16-15(24)14(23)13(22)10(9-19)26-16/h10,13-16,19,22-24H,1-9H2,(H2,17,20)(H,18,21). The van der Waals surface area contributed by atoms with E-state index < -0.39 is 37.3 Å². The van der Waals surface area contributed by atoms with Gasteiger partial charge in [-0.1, -0.05) is 12.8 Å². The Morgan fingerprint density at radius 2 is 1.65 bits per heavy atom. The molecule has 0 aromatic rings. The van der Waals surface area contributed by atoms with E-state index in [9.17, 15) is 24.9 Å². The number of carbonyl (C=O) groups is 2. The smallest absolute Gasteiger partial charge is 0.220 e. The van der Waals surface area contributed by atoms with Gasteiger partial charge in [-0.3, -0.25) is 9.59 Å². The highest BCUT2D eigenvalue weighted by molar-refractivity contribution is 5.75. The summed E-state index contributed by atoms with van der Waals surface area (Å²) in [7, 11) is 0. The van der Waals surface area contributed by atoms with Gasteiger partial charge in [0, 0.05) is 19.4 Å². The Kier molecular flexibility index (Phi) is 10.6. The van der Waals surface area contributed by atoms with Gasteiger partial charge in [0.05, 0.1) is 13.2 Å². The topological polar surface area (TPSA) is 172 Å². The number of aliphatic hydroxyl groups excluding tert-OH is 4. The zero-order valence-corrected chi connectivity index (χ0v) is 14.7. The highest BCUT2D eigenvalue weighted by Crippen LogP contribution is 2.21. The fourth-order valence-corrected chi connectivity index (χ4v) is 2.60. The molecule has 152 valence electrons. The van der Waals surface area contributed by atoms with Crippen LogP contribution in [0.5, 0.6) is 0 Å². The van der Waals surface area contributed by atoms with Gasteiger partial charge in [-0.2, -0.15) is 0 Å². The third-order valence-corrected chi connectivity index (χ3v) is 4.13. The lowest BCUT2D eigenvalue weighted by atomic mass is 9.99. The maximum atomic E-state index is 11.7. The first kappa shape index (κ1) is 22.7. The first-order valence-electron chi connectivity index (χ1n) is 8.84. The van der Waals surface area contributed by atoms with Crippen molar-refractivity contribution in [1.82, 2.24) is 5.32 Å². The molecule has 0 aromatic carbocycles. The SMILES string of the molecule is NC(=O)CCCCCCC(=O)NCCOC1OC(CO)C(O)C(O)C1O. The van der Waals surface area contributed by atoms with Gasteiger partial charge in [-0.05, 0) is 12.8 Å². The third-order valence-electron chi connectivity index (χ3n) is 4.13. The zero-order valence-electron chi connectivity index (χ0n) is 14.7. The molecule has 2 amide bonds. The van der Waals surface area contributed by atoms with Crippen molar-refractivity contribution >= 4 is 11.8 Å². The van der Waals surface area contributed by atoms with Crippen molar-refractivity contribution in [2.45, 2.75) is 69.2 Å². The van der Waals surface area contributed by atoms with E-state index in [2.05, 4.69) is 5.32 Å². The van der Waals surface area contributed by atoms with Gasteiger partial charge in [0.2, 0.25) is 11.8 Å². The van der Waals surface area contributed by atoms with Crippen molar-refractivity contribution in [3.8, 4) is 0 Å². The van der Waals surface area contributed by atoms with E-state index in [1.165, 1.54) is 0 Å². The molecule has 5 atom stereocenters. The van der Waals surface area contributed by atoms with Crippen LogP contribution in [0.25, 0.3) is 0 Å². The van der Waals surface area contributed by atoms with Gasteiger partial charge in [0.1, 0.15) is 24.4 Å². The fourth-order valence-electron chi connectivity index (χ4n) is 2.60. The number of nitrogens with one attached hydrogen (secondary N) is 1. The summed E-state index contributed by atoms with van der Waals surface area (Å²) in [6.45, 7) is -0.302. The van der Waals surface area contributed by atoms with Crippen molar-refractivity contribution in [3.63, 3.8) is 0 Å². The minimum absolute atomic E-state index is 0.0348. The number of ether oxygens (including phenoxy) is 2. The van der Waals surface area contributed by atoms with E-state index in [-0.39, 0.29) is 25.0 Å². The fraction of sp³-hybridized carbons (Fsp3) is 0.875. The second kappa shape index (κ2) is 12.2. The Morgan fingerprint density at radius 3 is 2.27 bits per heavy atom. The average Bonchev–Trinajstić information content (AvgIpc) is 2.61. The molecule has 26 heavy (non-hydrogen) atoms. The zero-order chi connectivity index (χ0) is 19.5. The lowest BCUT2D eigenvalue weighted by Gasteiger charge is -2.39. The molecule has 0 aliphatic carbocycles. The Hall–Kier alpha value is -1.30. The van der Waals surface area contributed by atoms with Crippen LogP contribution in [-0.2, 0) is 19.1 Å². The maximum absolute atomic E-state index is 11.7. The molecule has 1 rings (SSSR count). The van der Waals surface area contributed by atoms with Crippen LogP contribution in [0.15, 0.2) is 0 Å². The molecular weight excluding hydrogens is 348 g/mol. The van der Waals surface area contributed by atoms with Crippen LogP contribution in [0.3, 0.4) is 0 Å². The van der Waals surface area contributed by atoms with Crippen LogP contribution < -0.4 is 11.1 Å². The molecule has 10 nitrogen and oxygen atoms in total. The predicted octanol–water partition coefficient (Wildman–Crippen LogP) is -2.25. The minimum atomic E-state index is -1.49. The summed E-state index contributed by atoms with van der Waals surface area (Å²) >= 11 is 0. The predicted molar refractivity (Wildman–Crippen MR) is 89.6 cm³/mol. The van der Waals surface area contributed by atoms with Crippen molar-refractivity contribution in [2.75, 3.05) is 19.8 Å². The second-order valence-corrected chi connectivity index (χ2v) is 6.30. The maximum Gasteiger partial charge on any atom is 0.220 e. The van der Waals surface area contributed by atoms with Crippen LogP contribution in [-0.4, -0.2) is 82.7 Å². The van der Waals surface area contributed by atoms with Gasteiger partial charge in [0.25, 0.3) is 0 Å². The quantitative estimate of drug-likeness (QED) is 0.207. The molecule has 1 fully saturated rings. The van der Waals surface area contributed by atoms with E-state index in [4.69, 9.17) is 20.3 Å². The highest BCUT2D eigenvalue weighted by atomic mass is 16.7. The molecule has 1 saturated heterocycles. The summed E-state index contributed by atoms with van der Waals surface area (Å²) in [6.07, 6.45) is -2.77. The summed E-state index contributed by atoms with van der Waals surface area (Å²) in [5.41, 5.74) is 5.04. The molecule has 0 saturated carbocycles. The average molecular weight is 378 g/mol. The van der Waals surface area contributed by atoms with Gasteiger partial charge in [0.15, 0.2) is 6.29 Å². The molecule has 0 aromatic heterocycles.